The lowest BCUT2D eigenvalue weighted by Crippen LogP contribution is -2.27. The number of nitrogens with one attached hydrogen (secondary N) is 2. The molecule has 0 saturated heterocycles. The van der Waals surface area contributed by atoms with Crippen LogP contribution in [0.25, 0.3) is 10.1 Å². The molecule has 3 N–H and O–H groups in total. The molecule has 1 aromatic heterocycles. The molecule has 4 rings (SSSR count). The molecular formula is C19H16N2O3S. The van der Waals surface area contributed by atoms with E-state index in [1.165, 1.54) is 22.5 Å². The average molecular weight is 352 g/mol. The standard InChI is InChI=1S/C19H16N2O3S/c22-18(20-15-7-5-11-3-1-2-4-14(11)15)12-6-8-16-13(9-12)10-17(25-16)19(23)21-24/h1-4,6,8-10,15,24H,5,7H2,(H,20,22)(H,21,23). The van der Waals surface area contributed by atoms with E-state index >= 15 is 0 Å². The second-order valence-corrected chi connectivity index (χ2v) is 7.15. The second kappa shape index (κ2) is 6.31. The minimum absolute atomic E-state index is 0.0394. The van der Waals surface area contributed by atoms with Crippen LogP contribution in [-0.2, 0) is 6.42 Å². The molecule has 0 fully saturated rings. The van der Waals surface area contributed by atoms with Crippen molar-refractivity contribution in [3.05, 3.63) is 70.1 Å². The Morgan fingerprint density at radius 1 is 1.08 bits per heavy atom. The summed E-state index contributed by atoms with van der Waals surface area (Å²) < 4.78 is 0.890. The lowest BCUT2D eigenvalue weighted by atomic mass is 10.1. The van der Waals surface area contributed by atoms with E-state index in [2.05, 4.69) is 17.4 Å². The lowest BCUT2D eigenvalue weighted by molar-refractivity contribution is 0.0711. The minimum atomic E-state index is -0.547. The smallest absolute Gasteiger partial charge is 0.284 e. The van der Waals surface area contributed by atoms with Crippen molar-refractivity contribution in [1.29, 1.82) is 0 Å². The molecule has 2 aromatic carbocycles. The Morgan fingerprint density at radius 2 is 1.92 bits per heavy atom. The van der Waals surface area contributed by atoms with Crippen molar-refractivity contribution in [3.63, 3.8) is 0 Å². The molecule has 1 heterocycles. The molecule has 0 radical (unpaired) electrons. The van der Waals surface area contributed by atoms with Crippen molar-refractivity contribution in [2.24, 2.45) is 0 Å². The van der Waals surface area contributed by atoms with E-state index in [0.29, 0.717) is 10.4 Å². The minimum Gasteiger partial charge on any atom is -0.345 e. The van der Waals surface area contributed by atoms with Gasteiger partial charge in [0.1, 0.15) is 0 Å². The van der Waals surface area contributed by atoms with Crippen molar-refractivity contribution < 1.29 is 14.8 Å². The lowest BCUT2D eigenvalue weighted by Gasteiger charge is -2.14. The molecule has 2 amide bonds. The van der Waals surface area contributed by atoms with Gasteiger partial charge in [0.15, 0.2) is 0 Å². The Hall–Kier alpha value is -2.70. The number of amides is 2. The van der Waals surface area contributed by atoms with Gasteiger partial charge in [0, 0.05) is 10.3 Å². The number of hydrogen-bond donors (Lipinski definition) is 3. The Morgan fingerprint density at radius 3 is 2.76 bits per heavy atom. The zero-order chi connectivity index (χ0) is 17.4. The summed E-state index contributed by atoms with van der Waals surface area (Å²) in [5.74, 6) is -0.669. The van der Waals surface area contributed by atoms with Gasteiger partial charge in [-0.1, -0.05) is 24.3 Å². The topological polar surface area (TPSA) is 78.4 Å². The van der Waals surface area contributed by atoms with Crippen LogP contribution in [-0.4, -0.2) is 17.0 Å². The average Bonchev–Trinajstić information content (AvgIpc) is 3.24. The number of hydrogen-bond acceptors (Lipinski definition) is 4. The number of rotatable bonds is 3. The number of carbonyl (C=O) groups is 2. The fourth-order valence-electron chi connectivity index (χ4n) is 3.30. The van der Waals surface area contributed by atoms with Crippen LogP contribution in [0.1, 0.15) is 43.6 Å². The van der Waals surface area contributed by atoms with E-state index in [0.717, 1.165) is 22.9 Å². The third kappa shape index (κ3) is 2.90. The normalized spacial score (nSPS) is 15.8. The third-order valence-corrected chi connectivity index (χ3v) is 5.66. The van der Waals surface area contributed by atoms with Crippen molar-refractivity contribution >= 4 is 33.2 Å². The summed E-state index contributed by atoms with van der Waals surface area (Å²) in [6.45, 7) is 0. The number of aryl methyl sites for hydroxylation is 1. The predicted octanol–water partition coefficient (Wildman–Crippen LogP) is 3.44. The first-order chi connectivity index (χ1) is 12.2. The third-order valence-electron chi connectivity index (χ3n) is 4.54. The Labute approximate surface area is 148 Å². The summed E-state index contributed by atoms with van der Waals surface area (Å²) in [6, 6.07) is 15.3. The van der Waals surface area contributed by atoms with Crippen LogP contribution < -0.4 is 10.8 Å². The van der Waals surface area contributed by atoms with Gasteiger partial charge in [0.2, 0.25) is 0 Å². The van der Waals surface area contributed by atoms with Gasteiger partial charge in [0.05, 0.1) is 10.9 Å². The Kier molecular flexibility index (Phi) is 3.99. The van der Waals surface area contributed by atoms with Crippen LogP contribution in [0.2, 0.25) is 0 Å². The second-order valence-electron chi connectivity index (χ2n) is 6.07. The highest BCUT2D eigenvalue weighted by molar-refractivity contribution is 7.20. The van der Waals surface area contributed by atoms with E-state index < -0.39 is 5.91 Å². The molecule has 5 nitrogen and oxygen atoms in total. The summed E-state index contributed by atoms with van der Waals surface area (Å²) in [7, 11) is 0. The number of fused-ring (bicyclic) bond motifs is 2. The maximum atomic E-state index is 12.6. The van der Waals surface area contributed by atoms with Gasteiger partial charge in [0.25, 0.3) is 11.8 Å². The predicted molar refractivity (Wildman–Crippen MR) is 96.0 cm³/mol. The number of hydroxylamine groups is 1. The highest BCUT2D eigenvalue weighted by Gasteiger charge is 2.24. The van der Waals surface area contributed by atoms with Gasteiger partial charge in [-0.2, -0.15) is 0 Å². The van der Waals surface area contributed by atoms with Crippen LogP contribution in [0.4, 0.5) is 0 Å². The highest BCUT2D eigenvalue weighted by atomic mass is 32.1. The van der Waals surface area contributed by atoms with Crippen molar-refractivity contribution in [2.45, 2.75) is 18.9 Å². The number of carbonyl (C=O) groups excluding carboxylic acids is 2. The first-order valence-corrected chi connectivity index (χ1v) is 8.84. The maximum Gasteiger partial charge on any atom is 0.284 e. The molecule has 1 atom stereocenters. The molecule has 3 aromatic rings. The number of benzene rings is 2. The van der Waals surface area contributed by atoms with Gasteiger partial charge < -0.3 is 5.32 Å². The van der Waals surface area contributed by atoms with Crippen molar-refractivity contribution in [3.8, 4) is 0 Å². The summed E-state index contributed by atoms with van der Waals surface area (Å²) in [6.07, 6.45) is 1.89. The molecular weight excluding hydrogens is 336 g/mol. The van der Waals surface area contributed by atoms with Gasteiger partial charge in [-0.15, -0.1) is 11.3 Å². The summed E-state index contributed by atoms with van der Waals surface area (Å²) in [5.41, 5.74) is 4.67. The van der Waals surface area contributed by atoms with E-state index in [4.69, 9.17) is 5.21 Å². The summed E-state index contributed by atoms with van der Waals surface area (Å²) >= 11 is 1.27. The quantitative estimate of drug-likeness (QED) is 0.499. The van der Waals surface area contributed by atoms with E-state index in [-0.39, 0.29) is 11.9 Å². The molecule has 1 aliphatic rings. The van der Waals surface area contributed by atoms with Crippen molar-refractivity contribution in [2.75, 3.05) is 0 Å². The molecule has 1 unspecified atom stereocenters. The Balaban J connectivity index is 1.57. The Bertz CT molecular complexity index is 980. The van der Waals surface area contributed by atoms with Crippen molar-refractivity contribution in [1.82, 2.24) is 10.8 Å². The molecule has 1 aliphatic carbocycles. The summed E-state index contributed by atoms with van der Waals surface area (Å²) in [4.78, 5) is 24.5. The van der Waals surface area contributed by atoms with Gasteiger partial charge in [-0.25, -0.2) is 5.48 Å². The molecule has 0 aliphatic heterocycles. The molecule has 25 heavy (non-hydrogen) atoms. The van der Waals surface area contributed by atoms with E-state index in [1.54, 1.807) is 23.7 Å². The molecule has 0 saturated carbocycles. The zero-order valence-electron chi connectivity index (χ0n) is 13.3. The van der Waals surface area contributed by atoms with Crippen LogP contribution in [0.5, 0.6) is 0 Å². The van der Waals surface area contributed by atoms with Crippen LogP contribution >= 0.6 is 11.3 Å². The summed E-state index contributed by atoms with van der Waals surface area (Å²) in [5, 5.41) is 12.6. The zero-order valence-corrected chi connectivity index (χ0v) is 14.1. The van der Waals surface area contributed by atoms with Crippen LogP contribution in [0, 0.1) is 0 Å². The SMILES string of the molecule is O=C(NC1CCc2ccccc21)c1ccc2sc(C(=O)NO)cc2c1. The van der Waals surface area contributed by atoms with Gasteiger partial charge in [-0.05, 0) is 53.6 Å². The molecule has 6 heteroatoms. The number of thiophene rings is 1. The first-order valence-electron chi connectivity index (χ1n) is 8.02. The largest absolute Gasteiger partial charge is 0.345 e. The molecule has 126 valence electrons. The van der Waals surface area contributed by atoms with E-state index in [1.807, 2.05) is 18.2 Å². The van der Waals surface area contributed by atoms with E-state index in [9.17, 15) is 9.59 Å². The van der Waals surface area contributed by atoms with Gasteiger partial charge in [-0.3, -0.25) is 14.8 Å². The van der Waals surface area contributed by atoms with Gasteiger partial charge >= 0.3 is 0 Å². The maximum absolute atomic E-state index is 12.6. The highest BCUT2D eigenvalue weighted by Crippen LogP contribution is 2.31. The monoisotopic (exact) mass is 352 g/mol. The fourth-order valence-corrected chi connectivity index (χ4v) is 4.23. The van der Waals surface area contributed by atoms with Crippen LogP contribution in [0.3, 0.4) is 0 Å². The first kappa shape index (κ1) is 15.8. The molecule has 0 bridgehead atoms. The van der Waals surface area contributed by atoms with Crippen LogP contribution in [0.15, 0.2) is 48.5 Å². The molecule has 0 spiro atoms. The fraction of sp³-hybridized carbons (Fsp3) is 0.158.